The Kier molecular flexibility index (Phi) is 6.67. The van der Waals surface area contributed by atoms with Crippen LogP contribution in [0.2, 0.25) is 5.02 Å². The van der Waals surface area contributed by atoms with Gasteiger partial charge < -0.3 is 20.8 Å². The number of carbonyl (C=O) groups is 1. The van der Waals surface area contributed by atoms with Crippen molar-refractivity contribution >= 4 is 51.6 Å². The zero-order chi connectivity index (χ0) is 25.6. The van der Waals surface area contributed by atoms with Crippen molar-refractivity contribution in [3.8, 4) is 5.82 Å². The molecular weight excluding hydrogens is 512 g/mol. The molecule has 0 amide bonds. The molecule has 13 heteroatoms. The van der Waals surface area contributed by atoms with Gasteiger partial charge in [0.05, 0.1) is 28.2 Å². The van der Waals surface area contributed by atoms with Gasteiger partial charge in [-0.25, -0.2) is 22.9 Å². The van der Waals surface area contributed by atoms with Gasteiger partial charge >= 0.3 is 5.97 Å². The van der Waals surface area contributed by atoms with E-state index in [0.717, 1.165) is 16.8 Å². The lowest BCUT2D eigenvalue weighted by atomic mass is 10.0. The number of anilines is 2. The van der Waals surface area contributed by atoms with E-state index in [1.165, 1.54) is 4.90 Å². The third-order valence-corrected chi connectivity index (χ3v) is 6.43. The third kappa shape index (κ3) is 4.30. The molecular formula is C22H17Cl2F3N4O4. The van der Waals surface area contributed by atoms with E-state index in [-0.39, 0.29) is 27.8 Å². The van der Waals surface area contributed by atoms with Crippen LogP contribution in [0, 0.1) is 17.5 Å². The first-order valence-corrected chi connectivity index (χ1v) is 11.0. The monoisotopic (exact) mass is 528 g/mol. The number of aliphatic hydroxyl groups excluding tert-OH is 1. The van der Waals surface area contributed by atoms with E-state index in [1.54, 1.807) is 0 Å². The van der Waals surface area contributed by atoms with Gasteiger partial charge in [-0.2, -0.15) is 0 Å². The quantitative estimate of drug-likeness (QED) is 0.470. The maximum absolute atomic E-state index is 15.3. The van der Waals surface area contributed by atoms with Crippen molar-refractivity contribution in [1.82, 2.24) is 9.55 Å². The van der Waals surface area contributed by atoms with E-state index < -0.39 is 58.0 Å². The normalized spacial score (nSPS) is 15.5. The molecule has 0 radical (unpaired) electrons. The van der Waals surface area contributed by atoms with Crippen LogP contribution in [0.5, 0.6) is 0 Å². The minimum absolute atomic E-state index is 0.120. The molecule has 8 nitrogen and oxygen atoms in total. The first kappa shape index (κ1) is 24.8. The highest BCUT2D eigenvalue weighted by atomic mass is 35.5. The smallest absolute Gasteiger partial charge is 0.341 e. The van der Waals surface area contributed by atoms with Gasteiger partial charge in [0.15, 0.2) is 23.3 Å². The molecule has 4 N–H and O–H groups in total. The van der Waals surface area contributed by atoms with Crippen LogP contribution in [0.1, 0.15) is 23.2 Å². The van der Waals surface area contributed by atoms with E-state index in [9.17, 15) is 28.6 Å². The highest BCUT2D eigenvalue weighted by Crippen LogP contribution is 2.39. The van der Waals surface area contributed by atoms with Crippen molar-refractivity contribution in [2.45, 2.75) is 12.8 Å². The number of benzene rings is 1. The van der Waals surface area contributed by atoms with E-state index >= 15 is 4.39 Å². The molecule has 4 rings (SSSR count). The molecule has 1 fully saturated rings. The number of aliphatic hydroxyl groups is 1. The topological polar surface area (TPSA) is 122 Å². The van der Waals surface area contributed by atoms with Gasteiger partial charge in [0, 0.05) is 30.4 Å². The van der Waals surface area contributed by atoms with Crippen LogP contribution in [0.3, 0.4) is 0 Å². The van der Waals surface area contributed by atoms with Crippen LogP contribution in [0.4, 0.5) is 24.7 Å². The molecule has 3 heterocycles. The Balaban J connectivity index is 2.07. The third-order valence-electron chi connectivity index (χ3n) is 5.68. The summed E-state index contributed by atoms with van der Waals surface area (Å²) < 4.78 is 44.7. The van der Waals surface area contributed by atoms with Crippen LogP contribution >= 0.6 is 23.2 Å². The summed E-state index contributed by atoms with van der Waals surface area (Å²) in [5.41, 5.74) is 3.87. The molecule has 3 aromatic rings. The number of rotatable bonds is 4. The van der Waals surface area contributed by atoms with E-state index in [1.807, 2.05) is 0 Å². The average molecular weight is 529 g/mol. The Morgan fingerprint density at radius 1 is 1.20 bits per heavy atom. The maximum atomic E-state index is 15.3. The summed E-state index contributed by atoms with van der Waals surface area (Å²) in [4.78, 5) is 29.7. The molecule has 1 saturated heterocycles. The Morgan fingerprint density at radius 3 is 2.57 bits per heavy atom. The van der Waals surface area contributed by atoms with Crippen molar-refractivity contribution in [3.05, 3.63) is 67.2 Å². The van der Waals surface area contributed by atoms with Gasteiger partial charge in [-0.15, -0.1) is 0 Å². The number of aromatic nitrogens is 2. The highest BCUT2D eigenvalue weighted by Gasteiger charge is 2.28. The second-order valence-corrected chi connectivity index (χ2v) is 8.65. The van der Waals surface area contributed by atoms with E-state index in [4.69, 9.17) is 28.9 Å². The number of nitrogens with two attached hydrogens (primary N) is 1. The van der Waals surface area contributed by atoms with Crippen molar-refractivity contribution in [3.63, 3.8) is 0 Å². The van der Waals surface area contributed by atoms with Crippen molar-refractivity contribution < 1.29 is 28.2 Å². The predicted molar refractivity (Wildman–Crippen MR) is 125 cm³/mol. The van der Waals surface area contributed by atoms with Crippen LogP contribution < -0.4 is 16.1 Å². The zero-order valence-electron chi connectivity index (χ0n) is 17.8. The van der Waals surface area contributed by atoms with Crippen LogP contribution in [-0.2, 0) is 0 Å². The highest BCUT2D eigenvalue weighted by molar-refractivity contribution is 6.38. The number of piperidine rings is 1. The number of nitrogens with zero attached hydrogens (tertiary/aromatic N) is 3. The van der Waals surface area contributed by atoms with Crippen LogP contribution in [0.15, 0.2) is 33.7 Å². The average Bonchev–Trinajstić information content (AvgIpc) is 2.81. The number of pyridine rings is 2. The minimum atomic E-state index is -1.66. The van der Waals surface area contributed by atoms with Gasteiger partial charge in [-0.3, -0.25) is 9.36 Å². The molecule has 2 aromatic heterocycles. The van der Waals surface area contributed by atoms with Crippen LogP contribution in [-0.4, -0.2) is 45.4 Å². The zero-order valence-corrected chi connectivity index (χ0v) is 19.3. The number of carboxylic acid groups (broad SMARTS) is 1. The largest absolute Gasteiger partial charge is 0.477 e. The molecule has 0 bridgehead atoms. The lowest BCUT2D eigenvalue weighted by Gasteiger charge is -2.32. The number of halogens is 5. The molecule has 0 saturated carbocycles. The fraction of sp³-hybridized carbons (Fsp3) is 0.227. The number of hydrogen-bond acceptors (Lipinski definition) is 6. The first-order chi connectivity index (χ1) is 16.5. The Hall–Kier alpha value is -3.28. The summed E-state index contributed by atoms with van der Waals surface area (Å²) in [5.74, 6) is -6.29. The molecule has 184 valence electrons. The molecule has 0 aliphatic carbocycles. The molecule has 0 atom stereocenters. The number of hydrogen-bond donors (Lipinski definition) is 3. The summed E-state index contributed by atoms with van der Waals surface area (Å²) in [6.07, 6.45) is 1.89. The Bertz CT molecular complexity index is 1480. The van der Waals surface area contributed by atoms with Gasteiger partial charge in [0.2, 0.25) is 5.43 Å². The standard InChI is InChI=1S/C22H17Cl2F3N4O4/c23-12(8-32)9-2-1-3-30(6-9)18-13(25)4-10-17(16(18)24)31(7-11(19(10)33)22(34)35)21-15(27)5-14(26)20(28)29-21/h4-5,7,32H,1-3,6,8H2,(H2,28,29)(H,34,35)/b12-9-. The minimum Gasteiger partial charge on any atom is -0.477 e. The van der Waals surface area contributed by atoms with Crippen molar-refractivity contribution in [1.29, 1.82) is 0 Å². The number of fused-ring (bicyclic) bond motifs is 1. The van der Waals surface area contributed by atoms with Gasteiger partial charge in [0.25, 0.3) is 0 Å². The summed E-state index contributed by atoms with van der Waals surface area (Å²) >= 11 is 12.7. The van der Waals surface area contributed by atoms with Crippen molar-refractivity contribution in [2.75, 3.05) is 30.3 Å². The van der Waals surface area contributed by atoms with Gasteiger partial charge in [-0.1, -0.05) is 23.2 Å². The Morgan fingerprint density at radius 2 is 1.91 bits per heavy atom. The number of carboxylic acids is 1. The Labute approximate surface area is 205 Å². The van der Waals surface area contributed by atoms with Gasteiger partial charge in [0.1, 0.15) is 11.4 Å². The second-order valence-electron chi connectivity index (χ2n) is 7.82. The number of nitrogen functional groups attached to an aromatic ring is 1. The summed E-state index contributed by atoms with van der Waals surface area (Å²) in [6.45, 7) is 0.0665. The van der Waals surface area contributed by atoms with Crippen molar-refractivity contribution in [2.24, 2.45) is 0 Å². The lowest BCUT2D eigenvalue weighted by Crippen LogP contribution is -2.33. The molecule has 1 aliphatic rings. The lowest BCUT2D eigenvalue weighted by molar-refractivity contribution is 0.0695. The van der Waals surface area contributed by atoms with E-state index in [2.05, 4.69) is 4.98 Å². The summed E-state index contributed by atoms with van der Waals surface area (Å²) in [7, 11) is 0. The summed E-state index contributed by atoms with van der Waals surface area (Å²) in [6, 6.07) is 1.25. The SMILES string of the molecule is Nc1nc(-n2cc(C(=O)O)c(=O)c3cc(F)c(N4CCC/C(=C(/Cl)CO)C4)c(Cl)c32)c(F)cc1F. The second kappa shape index (κ2) is 9.40. The molecule has 0 unspecified atom stereocenters. The first-order valence-electron chi connectivity index (χ1n) is 10.2. The predicted octanol–water partition coefficient (Wildman–Crippen LogP) is 3.82. The molecule has 1 aliphatic heterocycles. The molecule has 1 aromatic carbocycles. The van der Waals surface area contributed by atoms with Crippen LogP contribution in [0.25, 0.3) is 16.7 Å². The van der Waals surface area contributed by atoms with Gasteiger partial charge in [-0.05, 0) is 24.5 Å². The fourth-order valence-electron chi connectivity index (χ4n) is 4.05. The maximum Gasteiger partial charge on any atom is 0.341 e. The summed E-state index contributed by atoms with van der Waals surface area (Å²) in [5, 5.41) is 18.3. The fourth-order valence-corrected chi connectivity index (χ4v) is 4.61. The molecule has 0 spiro atoms. The molecule has 35 heavy (non-hydrogen) atoms. The number of aromatic carboxylic acids is 1. The van der Waals surface area contributed by atoms with E-state index in [0.29, 0.717) is 31.0 Å².